The Morgan fingerprint density at radius 2 is 2.10 bits per heavy atom. The minimum Gasteiger partial charge on any atom is -0.480 e. The zero-order valence-corrected chi connectivity index (χ0v) is 11.5. The molecule has 0 aliphatic rings. The van der Waals surface area contributed by atoms with Crippen molar-refractivity contribution in [3.8, 4) is 0 Å². The maximum absolute atomic E-state index is 12.2. The normalized spacial score (nSPS) is 12.3. The standard InChI is InChI=1S/C14H17N3O3/c1-3-11(14(19)20)16(2)13(18)8-17-9-15-10-6-4-5-7-12(10)17/h4-7,9,11H,3,8H2,1-2H3,(H,19,20). The minimum atomic E-state index is -0.987. The van der Waals surface area contributed by atoms with Crippen molar-refractivity contribution >= 4 is 22.9 Å². The third-order valence-electron chi connectivity index (χ3n) is 3.37. The molecule has 1 aromatic carbocycles. The smallest absolute Gasteiger partial charge is 0.326 e. The van der Waals surface area contributed by atoms with E-state index in [4.69, 9.17) is 5.11 Å². The first kappa shape index (κ1) is 14.0. The molecular weight excluding hydrogens is 258 g/mol. The van der Waals surface area contributed by atoms with Crippen molar-refractivity contribution in [2.75, 3.05) is 7.05 Å². The number of nitrogens with zero attached hydrogens (tertiary/aromatic N) is 3. The summed E-state index contributed by atoms with van der Waals surface area (Å²) < 4.78 is 1.72. The highest BCUT2D eigenvalue weighted by molar-refractivity contribution is 5.84. The van der Waals surface area contributed by atoms with Crippen molar-refractivity contribution in [1.82, 2.24) is 14.5 Å². The predicted molar refractivity (Wildman–Crippen MR) is 74.2 cm³/mol. The topological polar surface area (TPSA) is 75.4 Å². The molecule has 0 saturated heterocycles. The molecule has 0 spiro atoms. The van der Waals surface area contributed by atoms with Gasteiger partial charge in [0.25, 0.3) is 0 Å². The van der Waals surface area contributed by atoms with Gasteiger partial charge in [0.15, 0.2) is 0 Å². The van der Waals surface area contributed by atoms with Crippen molar-refractivity contribution in [3.05, 3.63) is 30.6 Å². The predicted octanol–water partition coefficient (Wildman–Crippen LogP) is 1.36. The summed E-state index contributed by atoms with van der Waals surface area (Å²) in [6.45, 7) is 1.83. The number of benzene rings is 1. The summed E-state index contributed by atoms with van der Waals surface area (Å²) in [6, 6.07) is 6.71. The third-order valence-corrected chi connectivity index (χ3v) is 3.37. The van der Waals surface area contributed by atoms with Gasteiger partial charge in [0.1, 0.15) is 12.6 Å². The van der Waals surface area contributed by atoms with Crippen LogP contribution in [-0.2, 0) is 16.1 Å². The first-order valence-corrected chi connectivity index (χ1v) is 6.43. The molecule has 0 radical (unpaired) electrons. The minimum absolute atomic E-state index is 0.0841. The van der Waals surface area contributed by atoms with Gasteiger partial charge < -0.3 is 14.6 Å². The monoisotopic (exact) mass is 275 g/mol. The second-order valence-electron chi connectivity index (χ2n) is 4.63. The van der Waals surface area contributed by atoms with Gasteiger partial charge in [-0.25, -0.2) is 9.78 Å². The summed E-state index contributed by atoms with van der Waals surface area (Å²) >= 11 is 0. The summed E-state index contributed by atoms with van der Waals surface area (Å²) in [5.74, 6) is -1.23. The number of likely N-dealkylation sites (N-methyl/N-ethyl adjacent to an activating group) is 1. The second-order valence-corrected chi connectivity index (χ2v) is 4.63. The molecule has 20 heavy (non-hydrogen) atoms. The highest BCUT2D eigenvalue weighted by Crippen LogP contribution is 2.12. The van der Waals surface area contributed by atoms with Crippen molar-refractivity contribution < 1.29 is 14.7 Å². The Balaban J connectivity index is 2.17. The fourth-order valence-corrected chi connectivity index (χ4v) is 2.18. The van der Waals surface area contributed by atoms with Crippen LogP contribution in [-0.4, -0.2) is 44.5 Å². The van der Waals surface area contributed by atoms with E-state index in [1.807, 2.05) is 24.3 Å². The highest BCUT2D eigenvalue weighted by atomic mass is 16.4. The zero-order chi connectivity index (χ0) is 14.7. The lowest BCUT2D eigenvalue weighted by Gasteiger charge is -2.24. The molecule has 6 heteroatoms. The van der Waals surface area contributed by atoms with Gasteiger partial charge >= 0.3 is 5.97 Å². The van der Waals surface area contributed by atoms with E-state index in [0.29, 0.717) is 6.42 Å². The molecule has 2 rings (SSSR count). The summed E-state index contributed by atoms with van der Waals surface area (Å²) in [4.78, 5) is 28.7. The zero-order valence-electron chi connectivity index (χ0n) is 11.5. The van der Waals surface area contributed by atoms with Crippen LogP contribution in [0.5, 0.6) is 0 Å². The molecule has 0 aliphatic heterocycles. The van der Waals surface area contributed by atoms with Gasteiger partial charge in [-0.2, -0.15) is 0 Å². The second kappa shape index (κ2) is 5.73. The van der Waals surface area contributed by atoms with Crippen molar-refractivity contribution in [3.63, 3.8) is 0 Å². The molecule has 2 aromatic rings. The van der Waals surface area contributed by atoms with Gasteiger partial charge in [0.2, 0.25) is 5.91 Å². The van der Waals surface area contributed by atoms with E-state index >= 15 is 0 Å². The molecule has 1 heterocycles. The van der Waals surface area contributed by atoms with Crippen LogP contribution in [0.3, 0.4) is 0 Å². The van der Waals surface area contributed by atoms with Crippen LogP contribution < -0.4 is 0 Å². The summed E-state index contributed by atoms with van der Waals surface area (Å²) in [7, 11) is 1.52. The van der Waals surface area contributed by atoms with Crippen LogP contribution in [0, 0.1) is 0 Å². The van der Waals surface area contributed by atoms with Gasteiger partial charge in [-0.1, -0.05) is 19.1 Å². The third kappa shape index (κ3) is 2.64. The molecule has 1 atom stereocenters. The molecule has 106 valence electrons. The maximum atomic E-state index is 12.2. The number of carboxylic acid groups (broad SMARTS) is 1. The number of hydrogen-bond acceptors (Lipinski definition) is 3. The highest BCUT2D eigenvalue weighted by Gasteiger charge is 2.24. The Morgan fingerprint density at radius 3 is 2.75 bits per heavy atom. The lowest BCUT2D eigenvalue weighted by molar-refractivity contribution is -0.149. The molecule has 1 aromatic heterocycles. The average Bonchev–Trinajstić information content (AvgIpc) is 2.82. The summed E-state index contributed by atoms with van der Waals surface area (Å²) in [5, 5.41) is 9.08. The first-order chi connectivity index (χ1) is 9.54. The van der Waals surface area contributed by atoms with Gasteiger partial charge in [-0.3, -0.25) is 4.79 Å². The summed E-state index contributed by atoms with van der Waals surface area (Å²) in [6.07, 6.45) is 1.97. The van der Waals surface area contributed by atoms with E-state index < -0.39 is 12.0 Å². The van der Waals surface area contributed by atoms with Gasteiger partial charge in [0, 0.05) is 7.05 Å². The molecule has 0 bridgehead atoms. The van der Waals surface area contributed by atoms with Crippen LogP contribution in [0.1, 0.15) is 13.3 Å². The largest absolute Gasteiger partial charge is 0.480 e. The Hall–Kier alpha value is -2.37. The van der Waals surface area contributed by atoms with Gasteiger partial charge in [-0.15, -0.1) is 0 Å². The molecule has 1 unspecified atom stereocenters. The number of para-hydroxylation sites is 2. The maximum Gasteiger partial charge on any atom is 0.326 e. The van der Waals surface area contributed by atoms with Crippen LogP contribution in [0.2, 0.25) is 0 Å². The van der Waals surface area contributed by atoms with Crippen LogP contribution in [0.25, 0.3) is 11.0 Å². The molecule has 6 nitrogen and oxygen atoms in total. The van der Waals surface area contributed by atoms with Crippen LogP contribution in [0.4, 0.5) is 0 Å². The lowest BCUT2D eigenvalue weighted by atomic mass is 10.2. The fraction of sp³-hybridized carbons (Fsp3) is 0.357. The number of carbonyl (C=O) groups is 2. The van der Waals surface area contributed by atoms with Crippen LogP contribution >= 0.6 is 0 Å². The molecule has 0 saturated carbocycles. The number of aromatic nitrogens is 2. The van der Waals surface area contributed by atoms with Gasteiger partial charge in [-0.05, 0) is 18.6 Å². The SMILES string of the molecule is CCC(C(=O)O)N(C)C(=O)Cn1cnc2ccccc21. The average molecular weight is 275 g/mol. The molecule has 0 aliphatic carbocycles. The van der Waals surface area contributed by atoms with E-state index in [-0.39, 0.29) is 12.5 Å². The van der Waals surface area contributed by atoms with E-state index in [0.717, 1.165) is 11.0 Å². The number of aliphatic carboxylic acids is 1. The Morgan fingerprint density at radius 1 is 1.40 bits per heavy atom. The van der Waals surface area contributed by atoms with E-state index in [1.54, 1.807) is 17.8 Å². The number of fused-ring (bicyclic) bond motifs is 1. The lowest BCUT2D eigenvalue weighted by Crippen LogP contribution is -2.43. The molecule has 1 amide bonds. The first-order valence-electron chi connectivity index (χ1n) is 6.43. The Kier molecular flexibility index (Phi) is 4.02. The number of carbonyl (C=O) groups excluding carboxylic acids is 1. The number of imidazole rings is 1. The number of amides is 1. The van der Waals surface area contributed by atoms with Crippen molar-refractivity contribution in [1.29, 1.82) is 0 Å². The van der Waals surface area contributed by atoms with Crippen molar-refractivity contribution in [2.45, 2.75) is 25.9 Å². The van der Waals surface area contributed by atoms with Crippen LogP contribution in [0.15, 0.2) is 30.6 Å². The molecule has 1 N–H and O–H groups in total. The quantitative estimate of drug-likeness (QED) is 0.894. The Bertz CT molecular complexity index is 635. The Labute approximate surface area is 116 Å². The number of hydrogen-bond donors (Lipinski definition) is 1. The number of rotatable bonds is 5. The number of carboxylic acids is 1. The van der Waals surface area contributed by atoms with E-state index in [1.165, 1.54) is 11.9 Å². The fourth-order valence-electron chi connectivity index (χ4n) is 2.18. The van der Waals surface area contributed by atoms with E-state index in [9.17, 15) is 9.59 Å². The summed E-state index contributed by atoms with van der Waals surface area (Å²) in [5.41, 5.74) is 1.67. The molecule has 0 fully saturated rings. The molecular formula is C14H17N3O3. The van der Waals surface area contributed by atoms with E-state index in [2.05, 4.69) is 4.98 Å². The van der Waals surface area contributed by atoms with Gasteiger partial charge in [0.05, 0.1) is 17.4 Å². The van der Waals surface area contributed by atoms with Crippen molar-refractivity contribution in [2.24, 2.45) is 0 Å².